The second-order valence-corrected chi connectivity index (χ2v) is 3.68. The summed E-state index contributed by atoms with van der Waals surface area (Å²) in [6, 6.07) is -0.418. The van der Waals surface area contributed by atoms with Gasteiger partial charge in [-0.2, -0.15) is 0 Å². The minimum Gasteiger partial charge on any atom is -0.465 e. The van der Waals surface area contributed by atoms with Crippen LogP contribution in [0.1, 0.15) is 39.5 Å². The number of hydrogen-bond acceptors (Lipinski definition) is 4. The van der Waals surface area contributed by atoms with Crippen molar-refractivity contribution in [2.24, 2.45) is 5.73 Å². The molecule has 94 valence electrons. The van der Waals surface area contributed by atoms with Crippen LogP contribution in [0, 0.1) is 0 Å². The summed E-state index contributed by atoms with van der Waals surface area (Å²) in [5.41, 5.74) is 5.05. The van der Waals surface area contributed by atoms with Gasteiger partial charge in [-0.1, -0.05) is 13.8 Å². The molecular weight excluding hydrogens is 208 g/mol. The Kier molecular flexibility index (Phi) is 8.52. The fraction of sp³-hybridized carbons (Fsp3) is 0.818. The average molecular weight is 230 g/mol. The van der Waals surface area contributed by atoms with Crippen molar-refractivity contribution in [2.45, 2.75) is 45.6 Å². The van der Waals surface area contributed by atoms with Crippen LogP contribution in [0.3, 0.4) is 0 Å². The summed E-state index contributed by atoms with van der Waals surface area (Å²) in [6.07, 6.45) is 2.32. The molecule has 0 aliphatic heterocycles. The number of nitrogens with one attached hydrogen (secondary N) is 1. The van der Waals surface area contributed by atoms with Crippen molar-refractivity contribution in [2.75, 3.05) is 13.2 Å². The predicted octanol–water partition coefficient (Wildman–Crippen LogP) is 0.573. The lowest BCUT2D eigenvalue weighted by atomic mass is 10.1. The minimum absolute atomic E-state index is 0.197. The summed E-state index contributed by atoms with van der Waals surface area (Å²) in [6.45, 7) is 5.09. The number of amides is 1. The number of hydrogen-bond donors (Lipinski definition) is 2. The molecule has 0 unspecified atom stereocenters. The molecule has 16 heavy (non-hydrogen) atoms. The van der Waals surface area contributed by atoms with Crippen molar-refractivity contribution in [3.63, 3.8) is 0 Å². The Bertz CT molecular complexity index is 219. The highest BCUT2D eigenvalue weighted by molar-refractivity contribution is 5.78. The SMILES string of the molecule is CCCN[C@@H](CCC(N)=O)C(=O)OCCC. The highest BCUT2D eigenvalue weighted by Gasteiger charge is 2.19. The maximum Gasteiger partial charge on any atom is 0.323 e. The lowest BCUT2D eigenvalue weighted by Gasteiger charge is -2.16. The monoisotopic (exact) mass is 230 g/mol. The van der Waals surface area contributed by atoms with Gasteiger partial charge in [0.25, 0.3) is 0 Å². The van der Waals surface area contributed by atoms with E-state index in [4.69, 9.17) is 10.5 Å². The molecule has 0 saturated heterocycles. The number of nitrogens with two attached hydrogens (primary N) is 1. The molecule has 0 aliphatic rings. The molecule has 0 aromatic carbocycles. The van der Waals surface area contributed by atoms with Crippen LogP contribution in [-0.4, -0.2) is 31.1 Å². The third-order valence-electron chi connectivity index (χ3n) is 2.05. The van der Waals surface area contributed by atoms with Gasteiger partial charge in [0, 0.05) is 6.42 Å². The van der Waals surface area contributed by atoms with E-state index >= 15 is 0 Å². The second-order valence-electron chi connectivity index (χ2n) is 3.68. The van der Waals surface area contributed by atoms with Crippen LogP contribution in [0.5, 0.6) is 0 Å². The van der Waals surface area contributed by atoms with Gasteiger partial charge in [0.05, 0.1) is 6.61 Å². The molecule has 3 N–H and O–H groups in total. The van der Waals surface area contributed by atoms with Gasteiger partial charge in [0.15, 0.2) is 0 Å². The second kappa shape index (κ2) is 9.15. The maximum atomic E-state index is 11.6. The molecule has 0 aromatic rings. The molecule has 0 fully saturated rings. The molecule has 0 aliphatic carbocycles. The molecule has 5 heteroatoms. The molecule has 1 atom stereocenters. The van der Waals surface area contributed by atoms with Gasteiger partial charge in [-0.3, -0.25) is 9.59 Å². The number of ether oxygens (including phenoxy) is 1. The summed E-state index contributed by atoms with van der Waals surface area (Å²) in [7, 11) is 0. The third-order valence-corrected chi connectivity index (χ3v) is 2.05. The van der Waals surface area contributed by atoms with Crippen molar-refractivity contribution >= 4 is 11.9 Å². The Morgan fingerprint density at radius 1 is 1.31 bits per heavy atom. The first-order valence-electron chi connectivity index (χ1n) is 5.80. The molecule has 0 bridgehead atoms. The van der Waals surface area contributed by atoms with E-state index < -0.39 is 11.9 Å². The van der Waals surface area contributed by atoms with Crippen LogP contribution in [-0.2, 0) is 14.3 Å². The quantitative estimate of drug-likeness (QED) is 0.567. The van der Waals surface area contributed by atoms with E-state index in [1.165, 1.54) is 0 Å². The average Bonchev–Trinajstić information content (AvgIpc) is 2.25. The standard InChI is InChI=1S/C11H22N2O3/c1-3-7-13-9(5-6-10(12)14)11(15)16-8-4-2/h9,13H,3-8H2,1-2H3,(H2,12,14)/t9-/m0/s1. The maximum absolute atomic E-state index is 11.6. The van der Waals surface area contributed by atoms with Crippen molar-refractivity contribution in [1.82, 2.24) is 5.32 Å². The molecule has 1 amide bonds. The van der Waals surface area contributed by atoms with Crippen LogP contribution in [0.25, 0.3) is 0 Å². The number of carbonyl (C=O) groups excluding carboxylic acids is 2. The Balaban J connectivity index is 4.06. The first kappa shape index (κ1) is 14.9. The van der Waals surface area contributed by atoms with Crippen LogP contribution in [0.4, 0.5) is 0 Å². The van der Waals surface area contributed by atoms with Crippen molar-refractivity contribution in [3.8, 4) is 0 Å². The van der Waals surface area contributed by atoms with E-state index in [9.17, 15) is 9.59 Å². The number of carbonyl (C=O) groups is 2. The van der Waals surface area contributed by atoms with Crippen molar-refractivity contribution < 1.29 is 14.3 Å². The lowest BCUT2D eigenvalue weighted by molar-refractivity contribution is -0.146. The van der Waals surface area contributed by atoms with Crippen LogP contribution in [0.15, 0.2) is 0 Å². The first-order valence-corrected chi connectivity index (χ1v) is 5.80. The number of rotatable bonds is 9. The molecular formula is C11H22N2O3. The van der Waals surface area contributed by atoms with Crippen LogP contribution >= 0.6 is 0 Å². The summed E-state index contributed by atoms with van der Waals surface area (Å²) in [4.78, 5) is 22.2. The van der Waals surface area contributed by atoms with Crippen LogP contribution in [0.2, 0.25) is 0 Å². The summed E-state index contributed by atoms with van der Waals surface area (Å²) in [5.74, 6) is -0.692. The topological polar surface area (TPSA) is 81.4 Å². The van der Waals surface area contributed by atoms with E-state index in [2.05, 4.69) is 5.32 Å². The third kappa shape index (κ3) is 7.23. The van der Waals surface area contributed by atoms with Gasteiger partial charge in [0.1, 0.15) is 6.04 Å². The molecule has 0 heterocycles. The molecule has 0 saturated carbocycles. The summed E-state index contributed by atoms with van der Waals surface area (Å²) < 4.78 is 5.03. The predicted molar refractivity (Wildman–Crippen MR) is 61.8 cm³/mol. The molecule has 0 aromatic heterocycles. The van der Waals surface area contributed by atoms with Gasteiger partial charge in [-0.05, 0) is 25.8 Å². The fourth-order valence-electron chi connectivity index (χ4n) is 1.21. The number of primary amides is 1. The zero-order chi connectivity index (χ0) is 12.4. The molecule has 0 radical (unpaired) electrons. The molecule has 0 spiro atoms. The molecule has 0 rings (SSSR count). The van der Waals surface area contributed by atoms with E-state index in [1.807, 2.05) is 13.8 Å². The van der Waals surface area contributed by atoms with Crippen molar-refractivity contribution in [3.05, 3.63) is 0 Å². The minimum atomic E-state index is -0.418. The van der Waals surface area contributed by atoms with Crippen LogP contribution < -0.4 is 11.1 Å². The zero-order valence-electron chi connectivity index (χ0n) is 10.1. The van der Waals surface area contributed by atoms with Gasteiger partial charge in [0.2, 0.25) is 5.91 Å². The number of esters is 1. The van der Waals surface area contributed by atoms with Gasteiger partial charge >= 0.3 is 5.97 Å². The van der Waals surface area contributed by atoms with Crippen molar-refractivity contribution in [1.29, 1.82) is 0 Å². The Morgan fingerprint density at radius 2 is 2.00 bits per heavy atom. The smallest absolute Gasteiger partial charge is 0.323 e. The Labute approximate surface area is 96.7 Å². The largest absolute Gasteiger partial charge is 0.465 e. The highest BCUT2D eigenvalue weighted by Crippen LogP contribution is 2.00. The zero-order valence-corrected chi connectivity index (χ0v) is 10.1. The van der Waals surface area contributed by atoms with E-state index in [0.717, 1.165) is 19.4 Å². The van der Waals surface area contributed by atoms with Gasteiger partial charge < -0.3 is 15.8 Å². The van der Waals surface area contributed by atoms with Gasteiger partial charge in [-0.25, -0.2) is 0 Å². The Morgan fingerprint density at radius 3 is 2.50 bits per heavy atom. The summed E-state index contributed by atoms with van der Waals surface area (Å²) in [5, 5.41) is 3.05. The molecule has 5 nitrogen and oxygen atoms in total. The van der Waals surface area contributed by atoms with E-state index in [-0.39, 0.29) is 12.4 Å². The first-order chi connectivity index (χ1) is 7.61. The summed E-state index contributed by atoms with van der Waals surface area (Å²) >= 11 is 0. The highest BCUT2D eigenvalue weighted by atomic mass is 16.5. The van der Waals surface area contributed by atoms with E-state index in [1.54, 1.807) is 0 Å². The fourth-order valence-corrected chi connectivity index (χ4v) is 1.21. The lowest BCUT2D eigenvalue weighted by Crippen LogP contribution is -2.39. The Hall–Kier alpha value is -1.10. The van der Waals surface area contributed by atoms with E-state index in [0.29, 0.717) is 13.0 Å². The van der Waals surface area contributed by atoms with Gasteiger partial charge in [-0.15, -0.1) is 0 Å². The normalized spacial score (nSPS) is 12.1.